The summed E-state index contributed by atoms with van der Waals surface area (Å²) >= 11 is 0. The van der Waals surface area contributed by atoms with Crippen molar-refractivity contribution >= 4 is 16.1 Å². The molecule has 0 radical (unpaired) electrons. The summed E-state index contributed by atoms with van der Waals surface area (Å²) in [5.41, 5.74) is 3.45. The monoisotopic (exact) mass is 511 g/mol. The standard InChI is InChI=1S/C22H27N3O5.H2O4S/c1-5-30-19-9-13-14-8-12(26)6-7-17(14)24-20(15(13)10-18(19)27-2)16-11-23-22(29-4)25-21(16)28-3;1-5(2,3)4/h9-12,14,17,26H,5-8H2,1-4H3;(H2,1,2,3,4)/t12-,14-,17-;/m1./s1. The average molecular weight is 512 g/mol. The van der Waals surface area contributed by atoms with Crippen LogP contribution in [0.1, 0.15) is 48.8 Å². The van der Waals surface area contributed by atoms with Crippen molar-refractivity contribution in [3.63, 3.8) is 0 Å². The maximum atomic E-state index is 10.3. The Morgan fingerprint density at radius 1 is 1.03 bits per heavy atom. The van der Waals surface area contributed by atoms with Crippen molar-refractivity contribution < 1.29 is 41.6 Å². The number of nitrogens with zero attached hydrogens (tertiary/aromatic N) is 3. The number of aliphatic imine (C=N–C) groups is 1. The molecule has 1 fully saturated rings. The summed E-state index contributed by atoms with van der Waals surface area (Å²) in [5, 5.41) is 10.3. The Morgan fingerprint density at radius 2 is 1.74 bits per heavy atom. The van der Waals surface area contributed by atoms with E-state index in [0.29, 0.717) is 36.0 Å². The van der Waals surface area contributed by atoms with Crippen molar-refractivity contribution in [2.24, 2.45) is 4.99 Å². The molecule has 1 aromatic heterocycles. The second-order valence-corrected chi connectivity index (χ2v) is 8.76. The van der Waals surface area contributed by atoms with Crippen molar-refractivity contribution in [1.29, 1.82) is 0 Å². The third kappa shape index (κ3) is 6.36. The third-order valence-electron chi connectivity index (χ3n) is 5.73. The lowest BCUT2D eigenvalue weighted by Gasteiger charge is -2.37. The van der Waals surface area contributed by atoms with Crippen molar-refractivity contribution in [3.8, 4) is 23.4 Å². The molecule has 0 amide bonds. The van der Waals surface area contributed by atoms with Crippen LogP contribution in [0.25, 0.3) is 0 Å². The van der Waals surface area contributed by atoms with Gasteiger partial charge in [-0.25, -0.2) is 4.98 Å². The van der Waals surface area contributed by atoms with Gasteiger partial charge in [0.2, 0.25) is 5.88 Å². The number of aliphatic hydroxyl groups excluding tert-OH is 1. The summed E-state index contributed by atoms with van der Waals surface area (Å²) in [4.78, 5) is 13.7. The lowest BCUT2D eigenvalue weighted by Crippen LogP contribution is -2.34. The van der Waals surface area contributed by atoms with Crippen LogP contribution in [0.5, 0.6) is 23.4 Å². The molecule has 1 aliphatic carbocycles. The average Bonchev–Trinajstić information content (AvgIpc) is 2.82. The first-order valence-corrected chi connectivity index (χ1v) is 12.2. The highest BCUT2D eigenvalue weighted by Crippen LogP contribution is 2.45. The number of rotatable bonds is 6. The number of fused-ring (bicyclic) bond motifs is 3. The normalized spacial score (nSPS) is 20.9. The minimum Gasteiger partial charge on any atom is -0.493 e. The Balaban J connectivity index is 0.000000623. The van der Waals surface area contributed by atoms with Crippen LogP contribution in [-0.2, 0) is 10.4 Å². The number of benzene rings is 1. The molecule has 35 heavy (non-hydrogen) atoms. The fourth-order valence-corrected chi connectivity index (χ4v) is 4.35. The van der Waals surface area contributed by atoms with E-state index in [-0.39, 0.29) is 24.1 Å². The van der Waals surface area contributed by atoms with Crippen LogP contribution in [0.3, 0.4) is 0 Å². The summed E-state index contributed by atoms with van der Waals surface area (Å²) in [5.74, 6) is 1.83. The van der Waals surface area contributed by atoms with E-state index in [9.17, 15) is 5.11 Å². The zero-order chi connectivity index (χ0) is 25.8. The third-order valence-corrected chi connectivity index (χ3v) is 5.73. The molecular formula is C22H29N3O9S. The van der Waals surface area contributed by atoms with Gasteiger partial charge in [-0.1, -0.05) is 0 Å². The van der Waals surface area contributed by atoms with Gasteiger partial charge in [-0.2, -0.15) is 13.4 Å². The van der Waals surface area contributed by atoms with Gasteiger partial charge < -0.3 is 24.1 Å². The lowest BCUT2D eigenvalue weighted by molar-refractivity contribution is 0.111. The van der Waals surface area contributed by atoms with Gasteiger partial charge in [0.1, 0.15) is 0 Å². The van der Waals surface area contributed by atoms with E-state index in [4.69, 9.17) is 41.5 Å². The smallest absolute Gasteiger partial charge is 0.394 e. The molecule has 1 aliphatic heterocycles. The van der Waals surface area contributed by atoms with Crippen LogP contribution in [0.2, 0.25) is 0 Å². The van der Waals surface area contributed by atoms with Crippen molar-refractivity contribution in [2.75, 3.05) is 27.9 Å². The molecule has 192 valence electrons. The fraction of sp³-hybridized carbons (Fsp3) is 0.500. The van der Waals surface area contributed by atoms with Crippen LogP contribution in [-0.4, -0.2) is 78.4 Å². The Bertz CT molecular complexity index is 1180. The van der Waals surface area contributed by atoms with E-state index < -0.39 is 10.4 Å². The lowest BCUT2D eigenvalue weighted by atomic mass is 9.74. The van der Waals surface area contributed by atoms with Gasteiger partial charge in [-0.3, -0.25) is 14.1 Å². The maximum Gasteiger partial charge on any atom is 0.394 e. The molecule has 4 rings (SSSR count). The van der Waals surface area contributed by atoms with Gasteiger partial charge in [0.05, 0.1) is 51.4 Å². The van der Waals surface area contributed by atoms with Gasteiger partial charge in [-0.15, -0.1) is 0 Å². The van der Waals surface area contributed by atoms with E-state index in [1.165, 1.54) is 7.11 Å². The SMILES string of the molecule is CCOc1cc2c(cc1OC)C(c1cnc(OC)nc1OC)=N[C@@H]1CC[C@@H](O)C[C@H]21.O=S(=O)(O)O. The molecule has 0 spiro atoms. The largest absolute Gasteiger partial charge is 0.493 e. The van der Waals surface area contributed by atoms with Crippen LogP contribution in [0.4, 0.5) is 0 Å². The minimum absolute atomic E-state index is 0.0607. The fourth-order valence-electron chi connectivity index (χ4n) is 4.35. The number of hydrogen-bond acceptors (Lipinski definition) is 10. The second-order valence-electron chi connectivity index (χ2n) is 7.87. The molecule has 13 heteroatoms. The topological polar surface area (TPSA) is 170 Å². The summed E-state index contributed by atoms with van der Waals surface area (Å²) in [7, 11) is 0.0299. The molecule has 3 N–H and O–H groups in total. The highest BCUT2D eigenvalue weighted by atomic mass is 32.3. The Morgan fingerprint density at radius 3 is 2.34 bits per heavy atom. The van der Waals surface area contributed by atoms with Crippen LogP contribution < -0.4 is 18.9 Å². The molecule has 2 aliphatic rings. The van der Waals surface area contributed by atoms with E-state index in [1.54, 1.807) is 20.4 Å². The molecule has 0 unspecified atom stereocenters. The predicted octanol–water partition coefficient (Wildman–Crippen LogP) is 2.10. The molecule has 1 aromatic carbocycles. The van der Waals surface area contributed by atoms with Gasteiger partial charge in [0.25, 0.3) is 0 Å². The Kier molecular flexibility index (Phi) is 8.48. The van der Waals surface area contributed by atoms with Gasteiger partial charge in [-0.05, 0) is 43.9 Å². The first-order chi connectivity index (χ1) is 16.6. The summed E-state index contributed by atoms with van der Waals surface area (Å²) in [6, 6.07) is 4.26. The number of aliphatic hydroxyl groups is 1. The van der Waals surface area contributed by atoms with E-state index in [0.717, 1.165) is 29.7 Å². The Labute approximate surface area is 203 Å². The molecule has 1 saturated carbocycles. The molecular weight excluding hydrogens is 482 g/mol. The molecule has 0 bridgehead atoms. The van der Waals surface area contributed by atoms with Gasteiger partial charge >= 0.3 is 16.4 Å². The summed E-state index contributed by atoms with van der Waals surface area (Å²) in [6.45, 7) is 2.48. The zero-order valence-corrected chi connectivity index (χ0v) is 20.7. The van der Waals surface area contributed by atoms with E-state index >= 15 is 0 Å². The molecule has 12 nitrogen and oxygen atoms in total. The number of ether oxygens (including phenoxy) is 4. The molecule has 0 saturated heterocycles. The van der Waals surface area contributed by atoms with Crippen molar-refractivity contribution in [2.45, 2.75) is 44.2 Å². The van der Waals surface area contributed by atoms with Crippen LogP contribution in [0, 0.1) is 0 Å². The zero-order valence-electron chi connectivity index (χ0n) is 19.8. The molecule has 3 atom stereocenters. The first-order valence-electron chi connectivity index (χ1n) is 10.9. The number of hydrogen-bond donors (Lipinski definition) is 3. The van der Waals surface area contributed by atoms with E-state index in [2.05, 4.69) is 9.97 Å². The highest BCUT2D eigenvalue weighted by molar-refractivity contribution is 7.79. The minimum atomic E-state index is -4.67. The number of aromatic nitrogens is 2. The number of methoxy groups -OCH3 is 3. The molecule has 2 heterocycles. The Hall–Kier alpha value is -3.00. The van der Waals surface area contributed by atoms with Crippen LogP contribution in [0.15, 0.2) is 23.3 Å². The summed E-state index contributed by atoms with van der Waals surface area (Å²) in [6.07, 6.45) is 3.56. The quantitative estimate of drug-likeness (QED) is 0.485. The van der Waals surface area contributed by atoms with Gasteiger partial charge in [0.15, 0.2) is 11.5 Å². The molecule has 2 aromatic rings. The van der Waals surface area contributed by atoms with E-state index in [1.807, 2.05) is 19.1 Å². The van der Waals surface area contributed by atoms with Gasteiger partial charge in [0, 0.05) is 17.7 Å². The van der Waals surface area contributed by atoms with Crippen molar-refractivity contribution in [3.05, 3.63) is 35.0 Å². The van der Waals surface area contributed by atoms with Crippen molar-refractivity contribution in [1.82, 2.24) is 9.97 Å². The first kappa shape index (κ1) is 26.6. The summed E-state index contributed by atoms with van der Waals surface area (Å²) < 4.78 is 53.7. The predicted molar refractivity (Wildman–Crippen MR) is 126 cm³/mol. The highest BCUT2D eigenvalue weighted by Gasteiger charge is 2.38. The second kappa shape index (κ2) is 11.2. The maximum absolute atomic E-state index is 10.3. The van der Waals surface area contributed by atoms with Crippen LogP contribution >= 0.6 is 0 Å².